The third-order valence-corrected chi connectivity index (χ3v) is 13.4. The summed E-state index contributed by atoms with van der Waals surface area (Å²) in [6.07, 6.45) is 0. The number of fused-ring (bicyclic) bond motifs is 11. The molecule has 0 saturated carbocycles. The molecule has 0 aliphatic rings. The first-order valence-electron chi connectivity index (χ1n) is 22.3. The smallest absolute Gasteiger partial charge is 0.136 e. The van der Waals surface area contributed by atoms with Crippen LogP contribution in [0.4, 0.5) is 5.69 Å². The maximum Gasteiger partial charge on any atom is 0.136 e. The van der Waals surface area contributed by atoms with Gasteiger partial charge >= 0.3 is 0 Å². The molecule has 0 aliphatic heterocycles. The zero-order valence-corrected chi connectivity index (χ0v) is 36.6. The van der Waals surface area contributed by atoms with Crippen molar-refractivity contribution in [3.8, 4) is 33.4 Å². The summed E-state index contributed by atoms with van der Waals surface area (Å²) < 4.78 is 8.98. The maximum absolute atomic E-state index is 6.59. The van der Waals surface area contributed by atoms with Gasteiger partial charge in [0.05, 0.1) is 16.7 Å². The molecule has 0 spiro atoms. The molecule has 2 aromatic heterocycles. The van der Waals surface area contributed by atoms with Crippen molar-refractivity contribution in [2.75, 3.05) is 0 Å². The molecule has 3 nitrogen and oxygen atoms in total. The molecule has 65 heavy (non-hydrogen) atoms. The average molecular weight is 833 g/mol. The molecule has 0 unspecified atom stereocenters. The monoisotopic (exact) mass is 832 g/mol. The van der Waals surface area contributed by atoms with Crippen molar-refractivity contribution in [2.45, 2.75) is 20.8 Å². The van der Waals surface area contributed by atoms with Crippen LogP contribution in [0.3, 0.4) is 0 Å². The summed E-state index contributed by atoms with van der Waals surface area (Å²) in [7, 11) is 0. The molecule has 0 radical (unpaired) electrons. The highest BCUT2D eigenvalue weighted by Crippen LogP contribution is 2.44. The molecule has 0 N–H and O–H groups in total. The normalized spacial score (nSPS) is 12.1. The van der Waals surface area contributed by atoms with E-state index in [4.69, 9.17) is 9.41 Å². The number of benzene rings is 10. The number of hydrogen-bond acceptors (Lipinski definition) is 2. The van der Waals surface area contributed by atoms with Crippen molar-refractivity contribution in [2.24, 2.45) is 4.99 Å². The van der Waals surface area contributed by atoms with Crippen LogP contribution in [0.2, 0.25) is 0 Å². The summed E-state index contributed by atoms with van der Waals surface area (Å²) in [6, 6.07) is 71.8. The van der Waals surface area contributed by atoms with Crippen molar-refractivity contribution in [3.63, 3.8) is 0 Å². The number of aromatic nitrogens is 1. The van der Waals surface area contributed by atoms with Gasteiger partial charge in [0.2, 0.25) is 0 Å². The molecule has 10 aromatic carbocycles. The van der Waals surface area contributed by atoms with Crippen LogP contribution in [0.5, 0.6) is 0 Å². The molecule has 0 atom stereocenters. The predicted octanol–water partition coefficient (Wildman–Crippen LogP) is 17.3. The Hall–Kier alpha value is -8.27. The zero-order valence-electron chi connectivity index (χ0n) is 36.6. The molecule has 0 bridgehead atoms. The third-order valence-electron chi connectivity index (χ3n) is 13.4. The van der Waals surface area contributed by atoms with E-state index in [0.717, 1.165) is 77.9 Å². The first kappa shape index (κ1) is 38.4. The van der Waals surface area contributed by atoms with Gasteiger partial charge in [-0.25, -0.2) is 4.99 Å². The topological polar surface area (TPSA) is 30.4 Å². The molecule has 12 aromatic rings. The van der Waals surface area contributed by atoms with E-state index in [1.807, 2.05) is 6.07 Å². The Balaban J connectivity index is 1.08. The van der Waals surface area contributed by atoms with E-state index in [-0.39, 0.29) is 0 Å². The molecule has 0 fully saturated rings. The Bertz CT molecular complexity index is 3940. The molecule has 12 rings (SSSR count). The minimum atomic E-state index is 0.870. The van der Waals surface area contributed by atoms with Crippen molar-refractivity contribution in [1.29, 1.82) is 0 Å². The van der Waals surface area contributed by atoms with Gasteiger partial charge in [-0.2, -0.15) is 0 Å². The fraction of sp³-hybridized carbons (Fsp3) is 0.0484. The van der Waals surface area contributed by atoms with E-state index in [2.05, 4.69) is 226 Å². The highest BCUT2D eigenvalue weighted by atomic mass is 16.3. The van der Waals surface area contributed by atoms with Crippen LogP contribution in [0, 0.1) is 13.8 Å². The van der Waals surface area contributed by atoms with Crippen LogP contribution >= 0.6 is 0 Å². The van der Waals surface area contributed by atoms with E-state index >= 15 is 0 Å². The van der Waals surface area contributed by atoms with Gasteiger partial charge in [-0.3, -0.25) is 4.57 Å². The van der Waals surface area contributed by atoms with Crippen molar-refractivity contribution in [3.05, 3.63) is 229 Å². The van der Waals surface area contributed by atoms with Crippen molar-refractivity contribution < 1.29 is 4.42 Å². The fourth-order valence-corrected chi connectivity index (χ4v) is 10.2. The van der Waals surface area contributed by atoms with Gasteiger partial charge in [0.15, 0.2) is 0 Å². The summed E-state index contributed by atoms with van der Waals surface area (Å²) in [5, 5.41) is 9.50. The highest BCUT2D eigenvalue weighted by Gasteiger charge is 2.21. The van der Waals surface area contributed by atoms with Crippen LogP contribution < -0.4 is 0 Å². The minimum absolute atomic E-state index is 0.870. The molecular formula is C62H44N2O. The quantitative estimate of drug-likeness (QED) is 0.0932. The third kappa shape index (κ3) is 6.23. The molecule has 3 heteroatoms. The van der Waals surface area contributed by atoms with Gasteiger partial charge in [0, 0.05) is 32.5 Å². The van der Waals surface area contributed by atoms with Gasteiger partial charge in [-0.1, -0.05) is 170 Å². The van der Waals surface area contributed by atoms with E-state index < -0.39 is 0 Å². The number of hydrogen-bond donors (Lipinski definition) is 0. The maximum atomic E-state index is 6.59. The van der Waals surface area contributed by atoms with Crippen molar-refractivity contribution >= 4 is 82.4 Å². The van der Waals surface area contributed by atoms with Crippen LogP contribution in [0.1, 0.15) is 29.2 Å². The zero-order chi connectivity index (χ0) is 43.8. The molecule has 0 saturated heterocycles. The average Bonchev–Trinajstić information content (AvgIpc) is 3.91. The second-order valence-corrected chi connectivity index (χ2v) is 17.2. The first-order chi connectivity index (χ1) is 31.9. The Morgan fingerprint density at radius 2 is 1.11 bits per heavy atom. The number of aryl methyl sites for hydroxylation is 2. The van der Waals surface area contributed by atoms with Crippen LogP contribution in [0.15, 0.2) is 216 Å². The SMILES string of the molecule is C=C(c1ccccc1)c1ccccc1N=C(C)n1c2cc(-c3ccc4oc5cccc(-c6ccc(C)c(-c7ccccc7C)c6)c5c4c3)ccc2c2c3ccccc3c3ccccc3c21. The second kappa shape index (κ2) is 15.2. The summed E-state index contributed by atoms with van der Waals surface area (Å²) in [6.45, 7) is 11.1. The molecule has 0 amide bonds. The Kier molecular flexibility index (Phi) is 8.99. The number of para-hydroxylation sites is 1. The van der Waals surface area contributed by atoms with E-state index in [0.29, 0.717) is 0 Å². The van der Waals surface area contributed by atoms with Gasteiger partial charge in [-0.15, -0.1) is 0 Å². The summed E-state index contributed by atoms with van der Waals surface area (Å²) in [4.78, 5) is 5.49. The minimum Gasteiger partial charge on any atom is -0.456 e. The van der Waals surface area contributed by atoms with E-state index in [9.17, 15) is 0 Å². The summed E-state index contributed by atoms with van der Waals surface area (Å²) in [5.41, 5.74) is 17.5. The highest BCUT2D eigenvalue weighted by molar-refractivity contribution is 6.33. The van der Waals surface area contributed by atoms with Gasteiger partial charge in [-0.05, 0) is 129 Å². The Labute approximate surface area is 377 Å². The van der Waals surface area contributed by atoms with Crippen LogP contribution in [-0.2, 0) is 0 Å². The van der Waals surface area contributed by atoms with E-state index in [1.165, 1.54) is 60.1 Å². The first-order valence-corrected chi connectivity index (χ1v) is 22.3. The van der Waals surface area contributed by atoms with Crippen LogP contribution in [-0.4, -0.2) is 10.4 Å². The second-order valence-electron chi connectivity index (χ2n) is 17.2. The molecule has 308 valence electrons. The van der Waals surface area contributed by atoms with Gasteiger partial charge in [0.25, 0.3) is 0 Å². The lowest BCUT2D eigenvalue weighted by atomic mass is 9.91. The molecule has 2 heterocycles. The number of aliphatic imine (C=N–C) groups is 1. The summed E-state index contributed by atoms with van der Waals surface area (Å²) >= 11 is 0. The number of furan rings is 1. The van der Waals surface area contributed by atoms with Gasteiger partial charge in [0.1, 0.15) is 17.0 Å². The molecule has 0 aliphatic carbocycles. The van der Waals surface area contributed by atoms with Crippen molar-refractivity contribution in [1.82, 2.24) is 4.57 Å². The lowest BCUT2D eigenvalue weighted by molar-refractivity contribution is 0.669. The fourth-order valence-electron chi connectivity index (χ4n) is 10.2. The lowest BCUT2D eigenvalue weighted by Gasteiger charge is -2.14. The largest absolute Gasteiger partial charge is 0.456 e. The standard InChI is InChI=1S/C62H44N2O/c1-38-17-8-9-20-46(38)54-36-45(30-29-39(54)2)48-26-16-28-59-60(48)55-35-43(32-34-58(55)65-59)44-31-33-53-57(37-44)64(62-52-25-13-11-23-50(52)49-22-10-12-24-51(49)61(53)62)41(4)63-56-27-15-14-21-47(56)40(3)42-18-6-5-7-19-42/h5-37H,3H2,1-2,4H3. The molecular weight excluding hydrogens is 789 g/mol. The summed E-state index contributed by atoms with van der Waals surface area (Å²) in [5.74, 6) is 0.875. The van der Waals surface area contributed by atoms with E-state index in [1.54, 1.807) is 0 Å². The Morgan fingerprint density at radius 3 is 1.94 bits per heavy atom. The Morgan fingerprint density at radius 1 is 0.462 bits per heavy atom. The lowest BCUT2D eigenvalue weighted by Crippen LogP contribution is -2.07. The van der Waals surface area contributed by atoms with Crippen LogP contribution in [0.25, 0.3) is 104 Å². The number of nitrogens with zero attached hydrogens (tertiary/aromatic N) is 2. The number of rotatable bonds is 6. The van der Waals surface area contributed by atoms with Gasteiger partial charge < -0.3 is 4.42 Å². The predicted molar refractivity (Wildman–Crippen MR) is 277 cm³/mol.